The van der Waals surface area contributed by atoms with Crippen molar-refractivity contribution in [3.8, 4) is 6.07 Å². The largest absolute Gasteiger partial charge is 0.396 e. The molecule has 0 amide bonds. The number of anilines is 2. The molecule has 2 N–H and O–H groups in total. The smallest absolute Gasteiger partial charge is 0.101 e. The molecule has 0 bridgehead atoms. The zero-order chi connectivity index (χ0) is 12.4. The quantitative estimate of drug-likeness (QED) is 0.778. The molecule has 1 unspecified atom stereocenters. The van der Waals surface area contributed by atoms with Crippen molar-refractivity contribution >= 4 is 11.4 Å². The molecule has 1 aliphatic rings. The predicted molar refractivity (Wildman–Crippen MR) is 69.9 cm³/mol. The van der Waals surface area contributed by atoms with Crippen molar-refractivity contribution in [3.63, 3.8) is 0 Å². The highest BCUT2D eigenvalue weighted by molar-refractivity contribution is 5.74. The van der Waals surface area contributed by atoms with Crippen molar-refractivity contribution in [1.82, 2.24) is 4.90 Å². The summed E-state index contributed by atoms with van der Waals surface area (Å²) in [6.07, 6.45) is 1.14. The number of nitrogens with zero attached hydrogens (tertiary/aromatic N) is 3. The van der Waals surface area contributed by atoms with Gasteiger partial charge < -0.3 is 15.5 Å². The average Bonchev–Trinajstić information content (AvgIpc) is 2.78. The van der Waals surface area contributed by atoms with Crippen LogP contribution >= 0.6 is 0 Å². The van der Waals surface area contributed by atoms with Crippen LogP contribution in [0, 0.1) is 11.3 Å². The minimum atomic E-state index is 0.566. The van der Waals surface area contributed by atoms with Gasteiger partial charge in [-0.2, -0.15) is 5.26 Å². The lowest BCUT2D eigenvalue weighted by Gasteiger charge is -2.23. The predicted octanol–water partition coefficient (Wildman–Crippen LogP) is 1.28. The summed E-state index contributed by atoms with van der Waals surface area (Å²) in [6, 6.07) is 8.35. The Morgan fingerprint density at radius 3 is 2.82 bits per heavy atom. The maximum Gasteiger partial charge on any atom is 0.101 e. The van der Waals surface area contributed by atoms with Crippen LogP contribution in [0.1, 0.15) is 12.0 Å². The fraction of sp³-hybridized carbons (Fsp3) is 0.462. The highest BCUT2D eigenvalue weighted by Gasteiger charge is 2.25. The Morgan fingerprint density at radius 1 is 1.47 bits per heavy atom. The molecule has 1 atom stereocenters. The van der Waals surface area contributed by atoms with E-state index in [-0.39, 0.29) is 0 Å². The van der Waals surface area contributed by atoms with E-state index in [2.05, 4.69) is 30.0 Å². The van der Waals surface area contributed by atoms with E-state index < -0.39 is 0 Å². The van der Waals surface area contributed by atoms with Crippen molar-refractivity contribution in [1.29, 1.82) is 5.26 Å². The zero-order valence-electron chi connectivity index (χ0n) is 10.3. The molecular weight excluding hydrogens is 212 g/mol. The Kier molecular flexibility index (Phi) is 3.21. The second-order valence-electron chi connectivity index (χ2n) is 4.70. The molecule has 0 aromatic heterocycles. The highest BCUT2D eigenvalue weighted by Crippen LogP contribution is 2.29. The number of likely N-dealkylation sites (N-methyl/N-ethyl adjacent to an activating group) is 1. The molecule has 90 valence electrons. The van der Waals surface area contributed by atoms with E-state index in [0.717, 1.165) is 25.2 Å². The summed E-state index contributed by atoms with van der Waals surface area (Å²) in [7, 11) is 4.20. The molecule has 1 aromatic carbocycles. The molecule has 1 fully saturated rings. The van der Waals surface area contributed by atoms with Crippen LogP contribution in [0.4, 0.5) is 11.4 Å². The minimum Gasteiger partial charge on any atom is -0.396 e. The second kappa shape index (κ2) is 4.64. The zero-order valence-corrected chi connectivity index (χ0v) is 10.3. The number of nitrogen functional groups attached to an aromatic ring is 1. The molecule has 0 spiro atoms. The van der Waals surface area contributed by atoms with Crippen molar-refractivity contribution in [2.45, 2.75) is 12.5 Å². The van der Waals surface area contributed by atoms with Gasteiger partial charge in [0, 0.05) is 19.1 Å². The van der Waals surface area contributed by atoms with Gasteiger partial charge in [-0.15, -0.1) is 0 Å². The summed E-state index contributed by atoms with van der Waals surface area (Å²) in [5, 5.41) is 8.97. The van der Waals surface area contributed by atoms with Gasteiger partial charge in [0.15, 0.2) is 0 Å². The molecule has 0 saturated carbocycles. The Hall–Kier alpha value is -1.73. The number of para-hydroxylation sites is 1. The summed E-state index contributed by atoms with van der Waals surface area (Å²) in [6.45, 7) is 1.98. The number of hydrogen-bond donors (Lipinski definition) is 1. The molecule has 0 radical (unpaired) electrons. The monoisotopic (exact) mass is 230 g/mol. The third-order valence-electron chi connectivity index (χ3n) is 3.44. The van der Waals surface area contributed by atoms with Gasteiger partial charge in [0.25, 0.3) is 0 Å². The Labute approximate surface area is 102 Å². The Balaban J connectivity index is 2.23. The first-order valence-electron chi connectivity index (χ1n) is 5.83. The van der Waals surface area contributed by atoms with E-state index in [0.29, 0.717) is 17.3 Å². The molecule has 0 aliphatic carbocycles. The highest BCUT2D eigenvalue weighted by atomic mass is 15.2. The van der Waals surface area contributed by atoms with E-state index >= 15 is 0 Å². The van der Waals surface area contributed by atoms with E-state index in [1.54, 1.807) is 6.07 Å². The molecule has 4 nitrogen and oxygen atoms in total. The molecule has 1 heterocycles. The maximum atomic E-state index is 8.97. The standard InChI is InChI=1S/C13H18N4/c1-16(2)11-6-7-17(9-11)12-5-3-4-10(8-14)13(12)15/h3-5,11H,6-7,9,15H2,1-2H3. The van der Waals surface area contributed by atoms with Crippen LogP contribution in [0.2, 0.25) is 0 Å². The Bertz CT molecular complexity index is 447. The summed E-state index contributed by atoms with van der Waals surface area (Å²) < 4.78 is 0. The van der Waals surface area contributed by atoms with Crippen LogP contribution in [0.3, 0.4) is 0 Å². The number of nitrogens with two attached hydrogens (primary N) is 1. The molecule has 17 heavy (non-hydrogen) atoms. The van der Waals surface area contributed by atoms with E-state index in [1.165, 1.54) is 0 Å². The van der Waals surface area contributed by atoms with Crippen LogP contribution in [0.5, 0.6) is 0 Å². The van der Waals surface area contributed by atoms with Crippen LogP contribution in [0.15, 0.2) is 18.2 Å². The number of hydrogen-bond acceptors (Lipinski definition) is 4. The van der Waals surface area contributed by atoms with E-state index in [1.807, 2.05) is 12.1 Å². The van der Waals surface area contributed by atoms with Crippen LogP contribution < -0.4 is 10.6 Å². The van der Waals surface area contributed by atoms with Gasteiger partial charge in [0.2, 0.25) is 0 Å². The summed E-state index contributed by atoms with van der Waals surface area (Å²) in [4.78, 5) is 4.51. The van der Waals surface area contributed by atoms with Gasteiger partial charge in [-0.05, 0) is 32.6 Å². The fourth-order valence-corrected chi connectivity index (χ4v) is 2.31. The summed E-state index contributed by atoms with van der Waals surface area (Å²) >= 11 is 0. The van der Waals surface area contributed by atoms with Gasteiger partial charge in [0.05, 0.1) is 16.9 Å². The lowest BCUT2D eigenvalue weighted by atomic mass is 10.1. The number of benzene rings is 1. The van der Waals surface area contributed by atoms with Crippen molar-refractivity contribution in [2.75, 3.05) is 37.8 Å². The Morgan fingerprint density at radius 2 is 2.24 bits per heavy atom. The molecule has 4 heteroatoms. The number of nitriles is 1. The summed E-state index contributed by atoms with van der Waals surface area (Å²) in [5.41, 5.74) is 8.18. The van der Waals surface area contributed by atoms with Gasteiger partial charge in [-0.3, -0.25) is 0 Å². The van der Waals surface area contributed by atoms with Crippen molar-refractivity contribution < 1.29 is 0 Å². The van der Waals surface area contributed by atoms with Crippen LogP contribution in [0.25, 0.3) is 0 Å². The van der Waals surface area contributed by atoms with Crippen LogP contribution in [-0.2, 0) is 0 Å². The minimum absolute atomic E-state index is 0.566. The lowest BCUT2D eigenvalue weighted by molar-refractivity contribution is 0.315. The second-order valence-corrected chi connectivity index (χ2v) is 4.70. The van der Waals surface area contributed by atoms with Gasteiger partial charge in [0.1, 0.15) is 6.07 Å². The number of rotatable bonds is 2. The maximum absolute atomic E-state index is 8.97. The lowest BCUT2D eigenvalue weighted by Crippen LogP contribution is -2.31. The van der Waals surface area contributed by atoms with E-state index in [9.17, 15) is 0 Å². The van der Waals surface area contributed by atoms with Crippen molar-refractivity contribution in [3.05, 3.63) is 23.8 Å². The molecule has 2 rings (SSSR count). The van der Waals surface area contributed by atoms with Crippen LogP contribution in [-0.4, -0.2) is 38.1 Å². The molecule has 1 aromatic rings. The third kappa shape index (κ3) is 2.20. The van der Waals surface area contributed by atoms with Gasteiger partial charge in [-0.25, -0.2) is 0 Å². The molecular formula is C13H18N4. The first kappa shape index (κ1) is 11.7. The third-order valence-corrected chi connectivity index (χ3v) is 3.44. The van der Waals surface area contributed by atoms with E-state index in [4.69, 9.17) is 11.0 Å². The summed E-state index contributed by atoms with van der Waals surface area (Å²) in [5.74, 6) is 0. The molecule has 1 saturated heterocycles. The topological polar surface area (TPSA) is 56.3 Å². The first-order chi connectivity index (χ1) is 8.13. The normalized spacial score (nSPS) is 19.6. The first-order valence-corrected chi connectivity index (χ1v) is 5.83. The van der Waals surface area contributed by atoms with Crippen molar-refractivity contribution in [2.24, 2.45) is 0 Å². The SMILES string of the molecule is CN(C)C1CCN(c2cccc(C#N)c2N)C1. The average molecular weight is 230 g/mol. The van der Waals surface area contributed by atoms with Gasteiger partial charge >= 0.3 is 0 Å². The van der Waals surface area contributed by atoms with Gasteiger partial charge in [-0.1, -0.05) is 6.07 Å². The molecule has 1 aliphatic heterocycles. The fourth-order valence-electron chi connectivity index (χ4n) is 2.31.